The molecule has 8 nitrogen and oxygen atoms in total. The predicted octanol–water partition coefficient (Wildman–Crippen LogP) is 2.80. The SMILES string of the molecule is CN1C(=O)N(C)C(=O)C(Cc2ccc3c4c(cccc24)CC3)(CN2C[C@H]3C[C@@H](C2)c2cccc(=O)n2C3)C1=O. The lowest BCUT2D eigenvalue weighted by Crippen LogP contribution is -2.67. The summed E-state index contributed by atoms with van der Waals surface area (Å²) in [6.45, 7) is 2.24. The van der Waals surface area contributed by atoms with Crippen molar-refractivity contribution in [3.8, 4) is 0 Å². The number of hydrogen-bond donors (Lipinski definition) is 0. The Morgan fingerprint density at radius 2 is 1.54 bits per heavy atom. The van der Waals surface area contributed by atoms with Crippen LogP contribution in [0.4, 0.5) is 4.79 Å². The van der Waals surface area contributed by atoms with E-state index in [2.05, 4.69) is 35.2 Å². The van der Waals surface area contributed by atoms with E-state index in [0.717, 1.165) is 45.7 Å². The molecule has 2 bridgehead atoms. The highest BCUT2D eigenvalue weighted by Crippen LogP contribution is 2.41. The van der Waals surface area contributed by atoms with Crippen molar-refractivity contribution in [1.82, 2.24) is 19.3 Å². The fraction of sp³-hybridized carbons (Fsp3) is 0.419. The minimum absolute atomic E-state index is 0.0265. The molecule has 1 aromatic heterocycles. The number of fused-ring (bicyclic) bond motifs is 4. The van der Waals surface area contributed by atoms with Gasteiger partial charge in [-0.2, -0.15) is 0 Å². The van der Waals surface area contributed by atoms with Gasteiger partial charge in [0.2, 0.25) is 11.8 Å². The largest absolute Gasteiger partial charge is 0.332 e. The van der Waals surface area contributed by atoms with Gasteiger partial charge in [0.05, 0.1) is 0 Å². The first-order valence-corrected chi connectivity index (χ1v) is 13.8. The highest BCUT2D eigenvalue weighted by atomic mass is 16.2. The molecule has 2 aromatic carbocycles. The normalized spacial score (nSPS) is 24.0. The Kier molecular flexibility index (Phi) is 5.36. The van der Waals surface area contributed by atoms with Gasteiger partial charge in [0, 0.05) is 58.0 Å². The summed E-state index contributed by atoms with van der Waals surface area (Å²) in [6, 6.07) is 15.4. The second kappa shape index (κ2) is 8.61. The third-order valence-electron chi connectivity index (χ3n) is 9.51. The molecule has 4 amide bonds. The number of barbiturate groups is 1. The van der Waals surface area contributed by atoms with Crippen molar-refractivity contribution in [2.45, 2.75) is 38.1 Å². The molecule has 2 fully saturated rings. The summed E-state index contributed by atoms with van der Waals surface area (Å²) in [5.74, 6) is -0.459. The molecule has 200 valence electrons. The van der Waals surface area contributed by atoms with Crippen LogP contribution in [-0.2, 0) is 35.4 Å². The van der Waals surface area contributed by atoms with Crippen LogP contribution < -0.4 is 5.56 Å². The van der Waals surface area contributed by atoms with Crippen LogP contribution in [0.2, 0.25) is 0 Å². The first-order valence-electron chi connectivity index (χ1n) is 13.8. The van der Waals surface area contributed by atoms with Gasteiger partial charge in [0.15, 0.2) is 0 Å². The third-order valence-corrected chi connectivity index (χ3v) is 9.51. The van der Waals surface area contributed by atoms with Crippen molar-refractivity contribution in [2.24, 2.45) is 11.3 Å². The minimum atomic E-state index is -1.42. The zero-order valence-corrected chi connectivity index (χ0v) is 22.4. The number of amides is 4. The van der Waals surface area contributed by atoms with Crippen molar-refractivity contribution in [2.75, 3.05) is 33.7 Å². The van der Waals surface area contributed by atoms with Gasteiger partial charge in [-0.1, -0.05) is 36.4 Å². The molecule has 2 saturated heterocycles. The molecule has 0 radical (unpaired) electrons. The van der Waals surface area contributed by atoms with Gasteiger partial charge in [-0.25, -0.2) is 4.79 Å². The van der Waals surface area contributed by atoms with Gasteiger partial charge < -0.3 is 9.47 Å². The molecule has 0 saturated carbocycles. The topological polar surface area (TPSA) is 82.9 Å². The Labute approximate surface area is 226 Å². The van der Waals surface area contributed by atoms with Gasteiger partial charge in [0.25, 0.3) is 5.56 Å². The fourth-order valence-corrected chi connectivity index (χ4v) is 7.77. The van der Waals surface area contributed by atoms with E-state index in [4.69, 9.17) is 0 Å². The van der Waals surface area contributed by atoms with Crippen LogP contribution in [0.3, 0.4) is 0 Å². The lowest BCUT2D eigenvalue weighted by molar-refractivity contribution is -0.159. The average Bonchev–Trinajstić information content (AvgIpc) is 3.36. The van der Waals surface area contributed by atoms with E-state index in [0.29, 0.717) is 19.6 Å². The maximum Gasteiger partial charge on any atom is 0.332 e. The Morgan fingerprint density at radius 1 is 0.821 bits per heavy atom. The zero-order valence-electron chi connectivity index (χ0n) is 22.4. The number of likely N-dealkylation sites (tertiary alicyclic amines) is 1. The number of pyridine rings is 1. The first kappa shape index (κ1) is 24.3. The molecule has 0 N–H and O–H groups in total. The number of carbonyl (C=O) groups excluding carboxylic acids is 3. The van der Waals surface area contributed by atoms with E-state index >= 15 is 0 Å². The quantitative estimate of drug-likeness (QED) is 0.491. The molecule has 2 atom stereocenters. The number of aromatic nitrogens is 1. The third kappa shape index (κ3) is 3.54. The van der Waals surface area contributed by atoms with Crippen molar-refractivity contribution in [3.05, 3.63) is 81.3 Å². The van der Waals surface area contributed by atoms with Gasteiger partial charge in [0.1, 0.15) is 5.41 Å². The second-order valence-electron chi connectivity index (χ2n) is 11.9. The standard InChI is InChI=1S/C31H32N4O4/c1-32-28(37)31(29(38)33(2)30(32)39,14-22-12-11-21-10-9-20-5-3-6-24(22)27(20)21)18-34-15-19-13-23(17-34)25-7-4-8-26(36)35(25)16-19/h3-8,11-12,19,23H,9-10,13-18H2,1-2H3/t19-,23+/m1/s1. The number of rotatable bonds is 4. The number of benzene rings is 2. The summed E-state index contributed by atoms with van der Waals surface area (Å²) < 4.78 is 1.88. The highest BCUT2D eigenvalue weighted by Gasteiger charge is 2.56. The zero-order chi connectivity index (χ0) is 27.1. The average molecular weight is 525 g/mol. The monoisotopic (exact) mass is 524 g/mol. The first-order chi connectivity index (χ1) is 18.8. The fourth-order valence-electron chi connectivity index (χ4n) is 7.77. The lowest BCUT2D eigenvalue weighted by Gasteiger charge is -2.48. The Balaban J connectivity index is 1.30. The maximum atomic E-state index is 14.0. The summed E-state index contributed by atoms with van der Waals surface area (Å²) in [4.78, 5) is 57.8. The summed E-state index contributed by atoms with van der Waals surface area (Å²) in [6.07, 6.45) is 3.22. The van der Waals surface area contributed by atoms with Crippen LogP contribution in [0.15, 0.2) is 53.3 Å². The van der Waals surface area contributed by atoms with E-state index in [-0.39, 0.29) is 30.4 Å². The number of hydrogen-bond acceptors (Lipinski definition) is 5. The number of imide groups is 2. The smallest absolute Gasteiger partial charge is 0.312 e. The van der Waals surface area contributed by atoms with Crippen molar-refractivity contribution in [3.63, 3.8) is 0 Å². The molecule has 3 aromatic rings. The van der Waals surface area contributed by atoms with E-state index < -0.39 is 23.3 Å². The van der Waals surface area contributed by atoms with E-state index in [1.165, 1.54) is 30.6 Å². The summed E-state index contributed by atoms with van der Waals surface area (Å²) >= 11 is 0. The van der Waals surface area contributed by atoms with Crippen LogP contribution in [-0.4, -0.2) is 70.8 Å². The molecular formula is C31H32N4O4. The summed E-state index contributed by atoms with van der Waals surface area (Å²) in [5.41, 5.74) is 3.21. The Morgan fingerprint density at radius 3 is 2.31 bits per heavy atom. The van der Waals surface area contributed by atoms with Gasteiger partial charge in [-0.15, -0.1) is 0 Å². The summed E-state index contributed by atoms with van der Waals surface area (Å²) in [7, 11) is 2.95. The van der Waals surface area contributed by atoms with Crippen LogP contribution in [0.25, 0.3) is 10.8 Å². The molecule has 7 rings (SSSR count). The van der Waals surface area contributed by atoms with Crippen LogP contribution in [0, 0.1) is 11.3 Å². The predicted molar refractivity (Wildman–Crippen MR) is 146 cm³/mol. The molecule has 0 spiro atoms. The van der Waals surface area contributed by atoms with E-state index in [1.807, 2.05) is 16.7 Å². The van der Waals surface area contributed by atoms with E-state index in [1.54, 1.807) is 6.07 Å². The molecule has 1 aliphatic carbocycles. The number of piperidine rings is 1. The van der Waals surface area contributed by atoms with Crippen LogP contribution in [0.1, 0.15) is 34.7 Å². The Hall–Kier alpha value is -3.78. The maximum absolute atomic E-state index is 14.0. The molecule has 4 heterocycles. The van der Waals surface area contributed by atoms with Crippen LogP contribution in [0.5, 0.6) is 0 Å². The number of urea groups is 1. The van der Waals surface area contributed by atoms with Crippen molar-refractivity contribution in [1.29, 1.82) is 0 Å². The lowest BCUT2D eigenvalue weighted by atomic mass is 9.74. The minimum Gasteiger partial charge on any atom is -0.312 e. The highest BCUT2D eigenvalue weighted by molar-refractivity contribution is 6.19. The molecule has 4 aliphatic rings. The number of aryl methyl sites for hydroxylation is 2. The molecule has 0 unspecified atom stereocenters. The van der Waals surface area contributed by atoms with Gasteiger partial charge in [-0.05, 0) is 65.1 Å². The van der Waals surface area contributed by atoms with Gasteiger partial charge in [-0.3, -0.25) is 24.2 Å². The molecule has 8 heteroatoms. The Bertz CT molecular complexity index is 1590. The molecule has 3 aliphatic heterocycles. The van der Waals surface area contributed by atoms with E-state index in [9.17, 15) is 19.2 Å². The number of carbonyl (C=O) groups is 3. The number of nitrogens with zero attached hydrogens (tertiary/aromatic N) is 4. The molecule has 39 heavy (non-hydrogen) atoms. The van der Waals surface area contributed by atoms with Crippen molar-refractivity contribution < 1.29 is 14.4 Å². The van der Waals surface area contributed by atoms with Gasteiger partial charge >= 0.3 is 6.03 Å². The molecular weight excluding hydrogens is 492 g/mol. The second-order valence-corrected chi connectivity index (χ2v) is 11.9. The van der Waals surface area contributed by atoms with Crippen molar-refractivity contribution >= 4 is 28.6 Å². The van der Waals surface area contributed by atoms with Crippen LogP contribution >= 0.6 is 0 Å². The summed E-state index contributed by atoms with van der Waals surface area (Å²) in [5, 5.41) is 2.33.